The van der Waals surface area contributed by atoms with Gasteiger partial charge < -0.3 is 10.1 Å². The maximum absolute atomic E-state index is 5.54. The summed E-state index contributed by atoms with van der Waals surface area (Å²) >= 11 is 0. The Morgan fingerprint density at radius 1 is 1.44 bits per heavy atom. The summed E-state index contributed by atoms with van der Waals surface area (Å²) in [5.41, 5.74) is 2.35. The summed E-state index contributed by atoms with van der Waals surface area (Å²) in [4.78, 5) is 0. The monoisotopic (exact) mass is 253 g/mol. The zero-order valence-electron chi connectivity index (χ0n) is 12.2. The molecule has 0 saturated carbocycles. The molecule has 4 nitrogen and oxygen atoms in total. The van der Waals surface area contributed by atoms with Gasteiger partial charge in [0.15, 0.2) is 0 Å². The van der Waals surface area contributed by atoms with E-state index in [1.54, 1.807) is 0 Å². The van der Waals surface area contributed by atoms with Gasteiger partial charge in [0.1, 0.15) is 0 Å². The summed E-state index contributed by atoms with van der Waals surface area (Å²) in [5.74, 6) is 0.625. The Balaban J connectivity index is 2.10. The van der Waals surface area contributed by atoms with Gasteiger partial charge in [-0.1, -0.05) is 13.8 Å². The number of rotatable bonds is 9. The van der Waals surface area contributed by atoms with Crippen molar-refractivity contribution in [1.82, 2.24) is 15.1 Å². The van der Waals surface area contributed by atoms with Crippen molar-refractivity contribution in [3.8, 4) is 0 Å². The van der Waals surface area contributed by atoms with Crippen LogP contribution in [0.15, 0.2) is 6.07 Å². The maximum atomic E-state index is 5.54. The predicted octanol–water partition coefficient (Wildman–Crippen LogP) is 2.36. The highest BCUT2D eigenvalue weighted by Crippen LogP contribution is 2.03. The Kier molecular flexibility index (Phi) is 6.98. The van der Waals surface area contributed by atoms with Crippen LogP contribution in [0.5, 0.6) is 0 Å². The van der Waals surface area contributed by atoms with E-state index in [0.717, 1.165) is 45.0 Å². The Morgan fingerprint density at radius 2 is 2.22 bits per heavy atom. The number of aromatic nitrogens is 2. The minimum atomic E-state index is 0.625. The molecule has 4 heteroatoms. The van der Waals surface area contributed by atoms with Crippen LogP contribution in [0.2, 0.25) is 0 Å². The summed E-state index contributed by atoms with van der Waals surface area (Å²) in [7, 11) is 0. The van der Waals surface area contributed by atoms with E-state index >= 15 is 0 Å². The zero-order valence-corrected chi connectivity index (χ0v) is 12.2. The molecule has 0 aliphatic rings. The van der Waals surface area contributed by atoms with E-state index in [1.165, 1.54) is 5.69 Å². The fourth-order valence-electron chi connectivity index (χ4n) is 1.85. The third kappa shape index (κ3) is 5.65. The van der Waals surface area contributed by atoms with Gasteiger partial charge in [-0.2, -0.15) is 5.10 Å². The van der Waals surface area contributed by atoms with Crippen LogP contribution in [-0.4, -0.2) is 29.5 Å². The van der Waals surface area contributed by atoms with E-state index in [2.05, 4.69) is 41.9 Å². The lowest BCUT2D eigenvalue weighted by molar-refractivity contribution is 0.108. The van der Waals surface area contributed by atoms with Gasteiger partial charge in [-0.15, -0.1) is 0 Å². The van der Waals surface area contributed by atoms with Crippen molar-refractivity contribution in [3.05, 3.63) is 17.5 Å². The quantitative estimate of drug-likeness (QED) is 0.687. The molecule has 18 heavy (non-hydrogen) atoms. The fraction of sp³-hybridized carbons (Fsp3) is 0.786. The highest BCUT2D eigenvalue weighted by atomic mass is 16.5. The maximum Gasteiger partial charge on any atom is 0.0597 e. The largest absolute Gasteiger partial charge is 0.381 e. The molecule has 0 aliphatic heterocycles. The first kappa shape index (κ1) is 15.2. The van der Waals surface area contributed by atoms with Crippen molar-refractivity contribution in [2.75, 3.05) is 19.8 Å². The second-order valence-corrected chi connectivity index (χ2v) is 5.09. The minimum Gasteiger partial charge on any atom is -0.381 e. The molecule has 1 heterocycles. The summed E-state index contributed by atoms with van der Waals surface area (Å²) in [5, 5.41) is 7.87. The number of hydrogen-bond acceptors (Lipinski definition) is 3. The molecule has 0 spiro atoms. The molecular formula is C14H27N3O. The first-order chi connectivity index (χ1) is 8.63. The lowest BCUT2D eigenvalue weighted by atomic mass is 10.2. The molecule has 0 saturated heterocycles. The Bertz CT molecular complexity index is 334. The van der Waals surface area contributed by atoms with Gasteiger partial charge >= 0.3 is 0 Å². The zero-order chi connectivity index (χ0) is 13.4. The van der Waals surface area contributed by atoms with Gasteiger partial charge in [0.2, 0.25) is 0 Å². The molecule has 1 N–H and O–H groups in total. The number of nitrogens with one attached hydrogen (secondary N) is 1. The molecule has 1 aromatic heterocycles. The lowest BCUT2D eigenvalue weighted by Crippen LogP contribution is -2.19. The van der Waals surface area contributed by atoms with Crippen LogP contribution in [0.1, 0.15) is 38.6 Å². The second-order valence-electron chi connectivity index (χ2n) is 5.09. The van der Waals surface area contributed by atoms with Gasteiger partial charge in [0.25, 0.3) is 0 Å². The Hall–Kier alpha value is -0.870. The highest BCUT2D eigenvalue weighted by molar-refractivity contribution is 5.08. The fourth-order valence-corrected chi connectivity index (χ4v) is 1.85. The number of hydrogen-bond donors (Lipinski definition) is 1. The molecule has 0 aliphatic carbocycles. The average Bonchev–Trinajstić information content (AvgIpc) is 2.68. The van der Waals surface area contributed by atoms with E-state index in [-0.39, 0.29) is 0 Å². The first-order valence-corrected chi connectivity index (χ1v) is 6.95. The highest BCUT2D eigenvalue weighted by Gasteiger charge is 2.02. The predicted molar refractivity (Wildman–Crippen MR) is 74.6 cm³/mol. The first-order valence-electron chi connectivity index (χ1n) is 6.95. The molecule has 1 aromatic rings. The normalized spacial score (nSPS) is 11.4. The molecule has 0 radical (unpaired) electrons. The van der Waals surface area contributed by atoms with Gasteiger partial charge in [-0.25, -0.2) is 0 Å². The van der Waals surface area contributed by atoms with Crippen molar-refractivity contribution < 1.29 is 4.74 Å². The summed E-state index contributed by atoms with van der Waals surface area (Å²) < 4.78 is 7.59. The van der Waals surface area contributed by atoms with Crippen molar-refractivity contribution in [2.24, 2.45) is 5.92 Å². The topological polar surface area (TPSA) is 39.1 Å². The van der Waals surface area contributed by atoms with Crippen LogP contribution in [0, 0.1) is 12.8 Å². The molecular weight excluding hydrogens is 226 g/mol. The van der Waals surface area contributed by atoms with E-state index in [0.29, 0.717) is 5.92 Å². The molecule has 0 amide bonds. The van der Waals surface area contributed by atoms with Crippen LogP contribution < -0.4 is 5.32 Å². The Labute approximate surface area is 111 Å². The van der Waals surface area contributed by atoms with Crippen molar-refractivity contribution >= 4 is 0 Å². The minimum absolute atomic E-state index is 0.625. The molecule has 1 rings (SSSR count). The average molecular weight is 253 g/mol. The van der Waals surface area contributed by atoms with Crippen LogP contribution in [0.3, 0.4) is 0 Å². The second kappa shape index (κ2) is 8.27. The SMILES string of the molecule is CCn1nc(C)cc1CNCCCOCC(C)C. The van der Waals surface area contributed by atoms with E-state index in [1.807, 2.05) is 6.92 Å². The lowest BCUT2D eigenvalue weighted by Gasteiger charge is -2.08. The molecule has 0 fully saturated rings. The van der Waals surface area contributed by atoms with Crippen LogP contribution >= 0.6 is 0 Å². The molecule has 0 bridgehead atoms. The summed E-state index contributed by atoms with van der Waals surface area (Å²) in [6.45, 7) is 13.0. The smallest absolute Gasteiger partial charge is 0.0597 e. The van der Waals surface area contributed by atoms with Crippen LogP contribution in [0.25, 0.3) is 0 Å². The van der Waals surface area contributed by atoms with Gasteiger partial charge in [-0.3, -0.25) is 4.68 Å². The summed E-state index contributed by atoms with van der Waals surface area (Å²) in [6, 6.07) is 2.14. The molecule has 0 unspecified atom stereocenters. The van der Waals surface area contributed by atoms with Gasteiger partial charge in [0, 0.05) is 26.3 Å². The van der Waals surface area contributed by atoms with Gasteiger partial charge in [0.05, 0.1) is 11.4 Å². The summed E-state index contributed by atoms with van der Waals surface area (Å²) in [6.07, 6.45) is 1.06. The van der Waals surface area contributed by atoms with Crippen molar-refractivity contribution in [3.63, 3.8) is 0 Å². The third-order valence-electron chi connectivity index (χ3n) is 2.68. The number of ether oxygens (including phenoxy) is 1. The van der Waals surface area contributed by atoms with Crippen LogP contribution in [0.4, 0.5) is 0 Å². The molecule has 104 valence electrons. The van der Waals surface area contributed by atoms with E-state index in [4.69, 9.17) is 4.74 Å². The van der Waals surface area contributed by atoms with E-state index < -0.39 is 0 Å². The van der Waals surface area contributed by atoms with E-state index in [9.17, 15) is 0 Å². The Morgan fingerprint density at radius 3 is 2.89 bits per heavy atom. The van der Waals surface area contributed by atoms with Crippen molar-refractivity contribution in [2.45, 2.75) is 47.2 Å². The molecule has 0 aromatic carbocycles. The number of aryl methyl sites for hydroxylation is 2. The number of nitrogens with zero attached hydrogens (tertiary/aromatic N) is 2. The van der Waals surface area contributed by atoms with Crippen molar-refractivity contribution in [1.29, 1.82) is 0 Å². The van der Waals surface area contributed by atoms with Crippen LogP contribution in [-0.2, 0) is 17.8 Å². The standard InChI is InChI=1S/C14H27N3O/c1-5-17-14(9-13(4)16-17)10-15-7-6-8-18-11-12(2)3/h9,12,15H,5-8,10-11H2,1-4H3. The third-order valence-corrected chi connectivity index (χ3v) is 2.68. The molecule has 0 atom stereocenters. The van der Waals surface area contributed by atoms with Gasteiger partial charge in [-0.05, 0) is 38.8 Å².